The first-order chi connectivity index (χ1) is 12.9. The molecule has 1 amide bonds. The maximum Gasteiger partial charge on any atom is 0.418 e. The first kappa shape index (κ1) is 22.0. The van der Waals surface area contributed by atoms with Gasteiger partial charge in [0.05, 0.1) is 29.3 Å². The summed E-state index contributed by atoms with van der Waals surface area (Å²) in [7, 11) is -2.66. The molecule has 0 aliphatic heterocycles. The molecule has 2 N–H and O–H groups in total. The molecule has 28 heavy (non-hydrogen) atoms. The van der Waals surface area contributed by atoms with Gasteiger partial charge in [0.1, 0.15) is 5.75 Å². The minimum atomic E-state index is -4.75. The summed E-state index contributed by atoms with van der Waals surface area (Å²) in [5.41, 5.74) is -1.67. The molecule has 0 spiro atoms. The lowest BCUT2D eigenvalue weighted by Gasteiger charge is -2.17. The van der Waals surface area contributed by atoms with Crippen LogP contribution < -0.4 is 14.8 Å². The summed E-state index contributed by atoms with van der Waals surface area (Å²) in [6.07, 6.45) is -4.75. The normalized spacial score (nSPS) is 13.1. The maximum atomic E-state index is 13.1. The first-order valence-corrected chi connectivity index (χ1v) is 9.64. The minimum Gasteiger partial charge on any atom is -0.497 e. The number of nitrogens with one attached hydrogen (secondary N) is 2. The fraction of sp³-hybridized carbons (Fsp3) is 0.235. The second kappa shape index (κ2) is 8.38. The van der Waals surface area contributed by atoms with E-state index in [2.05, 4.69) is 10.0 Å². The Hall–Kier alpha value is -2.30. The van der Waals surface area contributed by atoms with E-state index in [1.54, 1.807) is 0 Å². The molecule has 152 valence electrons. The minimum absolute atomic E-state index is 0.129. The van der Waals surface area contributed by atoms with Gasteiger partial charge in [-0.05, 0) is 49.4 Å². The van der Waals surface area contributed by atoms with Crippen molar-refractivity contribution in [2.24, 2.45) is 0 Å². The van der Waals surface area contributed by atoms with Crippen molar-refractivity contribution in [1.82, 2.24) is 4.72 Å². The molecule has 0 aliphatic rings. The lowest BCUT2D eigenvalue weighted by atomic mass is 10.1. The Morgan fingerprint density at radius 2 is 1.75 bits per heavy atom. The number of sulfonamides is 1. The molecule has 0 radical (unpaired) electrons. The summed E-state index contributed by atoms with van der Waals surface area (Å²) >= 11 is 5.59. The van der Waals surface area contributed by atoms with Crippen molar-refractivity contribution in [3.8, 4) is 5.75 Å². The van der Waals surface area contributed by atoms with Crippen LogP contribution in [0.15, 0.2) is 47.4 Å². The number of amides is 1. The molecule has 1 atom stereocenters. The van der Waals surface area contributed by atoms with Crippen LogP contribution in [0.1, 0.15) is 12.5 Å². The van der Waals surface area contributed by atoms with E-state index in [0.717, 1.165) is 6.07 Å². The number of carbonyl (C=O) groups is 1. The van der Waals surface area contributed by atoms with Gasteiger partial charge in [0.15, 0.2) is 0 Å². The maximum absolute atomic E-state index is 13.1. The highest BCUT2D eigenvalue weighted by atomic mass is 35.5. The summed E-state index contributed by atoms with van der Waals surface area (Å²) in [6, 6.07) is 6.88. The average molecular weight is 437 g/mol. The van der Waals surface area contributed by atoms with Crippen LogP contribution >= 0.6 is 11.6 Å². The third-order valence-corrected chi connectivity index (χ3v) is 5.43. The number of methoxy groups -OCH3 is 1. The molecule has 0 bridgehead atoms. The fourth-order valence-corrected chi connectivity index (χ4v) is 3.59. The van der Waals surface area contributed by atoms with Crippen LogP contribution in [0.2, 0.25) is 5.02 Å². The van der Waals surface area contributed by atoms with Crippen molar-refractivity contribution in [3.05, 3.63) is 53.1 Å². The van der Waals surface area contributed by atoms with Gasteiger partial charge in [-0.25, -0.2) is 8.42 Å². The van der Waals surface area contributed by atoms with Crippen LogP contribution in [0.25, 0.3) is 0 Å². The van der Waals surface area contributed by atoms with E-state index >= 15 is 0 Å². The Morgan fingerprint density at radius 3 is 2.29 bits per heavy atom. The summed E-state index contributed by atoms with van der Waals surface area (Å²) < 4.78 is 71.0. The van der Waals surface area contributed by atoms with Gasteiger partial charge in [-0.1, -0.05) is 11.6 Å². The smallest absolute Gasteiger partial charge is 0.418 e. The van der Waals surface area contributed by atoms with Crippen molar-refractivity contribution < 1.29 is 31.1 Å². The number of ether oxygens (including phenoxy) is 1. The molecule has 0 fully saturated rings. The highest BCUT2D eigenvalue weighted by Gasteiger charge is 2.34. The average Bonchev–Trinajstić information content (AvgIpc) is 2.62. The van der Waals surface area contributed by atoms with Crippen LogP contribution in [0.3, 0.4) is 0 Å². The third-order valence-electron chi connectivity index (χ3n) is 3.64. The van der Waals surface area contributed by atoms with E-state index in [-0.39, 0.29) is 9.92 Å². The van der Waals surface area contributed by atoms with E-state index in [4.69, 9.17) is 16.3 Å². The Bertz CT molecular complexity index is 963. The molecule has 0 aromatic heterocycles. The Morgan fingerprint density at radius 1 is 1.14 bits per heavy atom. The summed E-state index contributed by atoms with van der Waals surface area (Å²) in [6.45, 7) is 1.21. The lowest BCUT2D eigenvalue weighted by molar-refractivity contribution is -0.137. The van der Waals surface area contributed by atoms with E-state index in [1.165, 1.54) is 44.4 Å². The molecule has 6 nitrogen and oxygen atoms in total. The van der Waals surface area contributed by atoms with Crippen LogP contribution in [0.5, 0.6) is 5.75 Å². The van der Waals surface area contributed by atoms with E-state index in [9.17, 15) is 26.4 Å². The number of benzene rings is 2. The third kappa shape index (κ3) is 5.37. The lowest BCUT2D eigenvalue weighted by Crippen LogP contribution is -2.41. The number of hydrogen-bond donors (Lipinski definition) is 2. The number of halogens is 4. The van der Waals surface area contributed by atoms with Gasteiger partial charge in [-0.2, -0.15) is 17.9 Å². The molecule has 2 aromatic carbocycles. The molecule has 0 unspecified atom stereocenters. The molecule has 0 heterocycles. The van der Waals surface area contributed by atoms with E-state index in [0.29, 0.717) is 11.8 Å². The number of hydrogen-bond acceptors (Lipinski definition) is 4. The topological polar surface area (TPSA) is 84.5 Å². The van der Waals surface area contributed by atoms with Gasteiger partial charge in [0, 0.05) is 5.02 Å². The van der Waals surface area contributed by atoms with E-state index in [1.807, 2.05) is 0 Å². The van der Waals surface area contributed by atoms with Gasteiger partial charge in [-0.3, -0.25) is 4.79 Å². The van der Waals surface area contributed by atoms with Crippen molar-refractivity contribution in [3.63, 3.8) is 0 Å². The van der Waals surface area contributed by atoms with Crippen molar-refractivity contribution in [2.75, 3.05) is 12.4 Å². The predicted octanol–water partition coefficient (Wildman–Crippen LogP) is 3.67. The molecule has 2 aromatic rings. The SMILES string of the molecule is COc1ccc(S(=O)(=O)N[C@@H](C)C(=O)Nc2ccc(Cl)cc2C(F)(F)F)cc1. The zero-order chi connectivity index (χ0) is 21.1. The standard InChI is InChI=1S/C17H16ClF3N2O4S/c1-10(23-28(25,26)13-6-4-12(27-2)5-7-13)16(24)22-15-8-3-11(18)9-14(15)17(19,20)21/h3-10,23H,1-2H3,(H,22,24)/t10-/m0/s1. The van der Waals surface area contributed by atoms with Gasteiger partial charge >= 0.3 is 6.18 Å². The van der Waals surface area contributed by atoms with Crippen LogP contribution in [-0.2, 0) is 21.0 Å². The molecular formula is C17H16ClF3N2O4S. The van der Waals surface area contributed by atoms with Gasteiger partial charge < -0.3 is 10.1 Å². The van der Waals surface area contributed by atoms with Crippen molar-refractivity contribution in [1.29, 1.82) is 0 Å². The Labute approximate surface area is 164 Å². The van der Waals surface area contributed by atoms with Gasteiger partial charge in [-0.15, -0.1) is 0 Å². The van der Waals surface area contributed by atoms with Gasteiger partial charge in [0.25, 0.3) is 0 Å². The molecule has 0 saturated heterocycles. The monoisotopic (exact) mass is 436 g/mol. The number of anilines is 1. The zero-order valence-corrected chi connectivity index (χ0v) is 16.2. The second-order valence-electron chi connectivity index (χ2n) is 5.70. The Kier molecular flexibility index (Phi) is 6.58. The summed E-state index contributed by atoms with van der Waals surface area (Å²) in [5, 5.41) is 1.92. The molecule has 11 heteroatoms. The van der Waals surface area contributed by atoms with Crippen LogP contribution in [-0.4, -0.2) is 27.5 Å². The zero-order valence-electron chi connectivity index (χ0n) is 14.7. The largest absolute Gasteiger partial charge is 0.497 e. The predicted molar refractivity (Wildman–Crippen MR) is 97.9 cm³/mol. The second-order valence-corrected chi connectivity index (χ2v) is 7.85. The van der Waals surface area contributed by atoms with Gasteiger partial charge in [0.2, 0.25) is 15.9 Å². The van der Waals surface area contributed by atoms with Crippen LogP contribution in [0, 0.1) is 0 Å². The Balaban J connectivity index is 2.17. The highest BCUT2D eigenvalue weighted by molar-refractivity contribution is 7.89. The van der Waals surface area contributed by atoms with Crippen LogP contribution in [0.4, 0.5) is 18.9 Å². The summed E-state index contributed by atoms with van der Waals surface area (Å²) in [4.78, 5) is 12.1. The number of alkyl halides is 3. The fourth-order valence-electron chi connectivity index (χ4n) is 2.21. The quantitative estimate of drug-likeness (QED) is 0.723. The number of carbonyl (C=O) groups excluding carboxylic acids is 1. The first-order valence-electron chi connectivity index (χ1n) is 7.78. The van der Waals surface area contributed by atoms with Crippen molar-refractivity contribution >= 4 is 33.2 Å². The molecule has 0 aliphatic carbocycles. The summed E-state index contributed by atoms with van der Waals surface area (Å²) in [5.74, 6) is -0.530. The highest BCUT2D eigenvalue weighted by Crippen LogP contribution is 2.36. The van der Waals surface area contributed by atoms with E-state index < -0.39 is 39.4 Å². The van der Waals surface area contributed by atoms with Crippen molar-refractivity contribution in [2.45, 2.75) is 24.0 Å². The molecular weight excluding hydrogens is 421 g/mol. The molecule has 0 saturated carbocycles. The number of rotatable bonds is 6. The molecule has 2 rings (SSSR count).